The third-order valence-corrected chi connectivity index (χ3v) is 5.69. The number of carbonyl (C=O) groups is 1. The third kappa shape index (κ3) is 19.6. The van der Waals surface area contributed by atoms with E-state index in [1.807, 2.05) is 27.2 Å². The molecule has 3 N–H and O–H groups in total. The molecule has 8 nitrogen and oxygen atoms in total. The van der Waals surface area contributed by atoms with Gasteiger partial charge in [-0.2, -0.15) is 0 Å². The lowest BCUT2D eigenvalue weighted by molar-refractivity contribution is -0.870. The normalized spacial score (nSPS) is 16.3. The van der Waals surface area contributed by atoms with Crippen LogP contribution in [0, 0.1) is 0 Å². The average molecular weight is 478 g/mol. The summed E-state index contributed by atoms with van der Waals surface area (Å²) in [6, 6.07) is -0.857. The molecule has 0 aliphatic rings. The summed E-state index contributed by atoms with van der Waals surface area (Å²) < 4.78 is 22.6. The van der Waals surface area contributed by atoms with E-state index in [9.17, 15) is 19.4 Å². The number of phosphoric acid groups is 1. The van der Waals surface area contributed by atoms with E-state index in [1.165, 1.54) is 39.0 Å². The van der Waals surface area contributed by atoms with Crippen LogP contribution in [0.25, 0.3) is 0 Å². The highest BCUT2D eigenvalue weighted by Gasteiger charge is 2.27. The molecule has 0 aromatic carbocycles. The van der Waals surface area contributed by atoms with Crippen molar-refractivity contribution in [2.24, 2.45) is 0 Å². The number of hydrogen-bond donors (Lipinski definition) is 3. The van der Waals surface area contributed by atoms with Crippen molar-refractivity contribution in [2.75, 3.05) is 40.9 Å². The molecule has 0 aliphatic carbocycles. The van der Waals surface area contributed by atoms with Crippen molar-refractivity contribution in [3.63, 3.8) is 0 Å². The minimum absolute atomic E-state index is 0.0524. The van der Waals surface area contributed by atoms with Crippen LogP contribution in [-0.4, -0.2) is 73.4 Å². The van der Waals surface area contributed by atoms with Crippen molar-refractivity contribution in [1.82, 2.24) is 5.32 Å². The smallest absolute Gasteiger partial charge is 0.387 e. The molecular weight excluding hydrogens is 431 g/mol. The van der Waals surface area contributed by atoms with Crippen LogP contribution >= 0.6 is 7.82 Å². The molecule has 3 atom stereocenters. The predicted molar refractivity (Wildman–Crippen MR) is 129 cm³/mol. The monoisotopic (exact) mass is 477 g/mol. The van der Waals surface area contributed by atoms with Crippen LogP contribution in [0.1, 0.15) is 65.2 Å². The van der Waals surface area contributed by atoms with E-state index in [4.69, 9.17) is 9.05 Å². The van der Waals surface area contributed by atoms with Crippen molar-refractivity contribution in [1.29, 1.82) is 0 Å². The van der Waals surface area contributed by atoms with Crippen molar-refractivity contribution >= 4 is 13.7 Å². The molecule has 9 heteroatoms. The summed E-state index contributed by atoms with van der Waals surface area (Å²) in [4.78, 5) is 21.3. The first kappa shape index (κ1) is 31.0. The Kier molecular flexibility index (Phi) is 16.9. The molecule has 0 fully saturated rings. The Hall–Kier alpha value is -1.02. The first-order chi connectivity index (χ1) is 15.0. The second-order valence-corrected chi connectivity index (χ2v) is 10.5. The molecule has 0 heterocycles. The maximum absolute atomic E-state index is 12.1. The number of likely N-dealkylation sites (N-methyl/N-ethyl adjacent to an activating group) is 1. The third-order valence-electron chi connectivity index (χ3n) is 4.71. The van der Waals surface area contributed by atoms with E-state index in [1.54, 1.807) is 6.08 Å². The standard InChI is InChI=1S/C23H45N2O6P/c1-6-7-8-9-10-11-12-13-14-15-16-17-23(27)22(24-21(2)26)20-31-32(28,29)30-19-18-25(3,4)5/h12-13,16-17,22-23,27H,6-11,14-15,18-20H2,1-5H3,(H-,24,26,28,29)/p+1/b13-12+,17-16+. The fraction of sp³-hybridized carbons (Fsp3) is 0.783. The molecule has 0 rings (SSSR count). The Labute approximate surface area is 194 Å². The van der Waals surface area contributed by atoms with Crippen LogP contribution in [0.2, 0.25) is 0 Å². The lowest BCUT2D eigenvalue weighted by atomic mass is 10.1. The van der Waals surface area contributed by atoms with Gasteiger partial charge in [-0.05, 0) is 25.7 Å². The van der Waals surface area contributed by atoms with Crippen LogP contribution in [0.4, 0.5) is 0 Å². The summed E-state index contributed by atoms with van der Waals surface area (Å²) in [5.41, 5.74) is 0. The van der Waals surface area contributed by atoms with Gasteiger partial charge in [0.2, 0.25) is 5.91 Å². The van der Waals surface area contributed by atoms with Crippen molar-refractivity contribution in [3.8, 4) is 0 Å². The zero-order chi connectivity index (χ0) is 24.5. The van der Waals surface area contributed by atoms with E-state index < -0.39 is 20.0 Å². The average Bonchev–Trinajstić information content (AvgIpc) is 2.67. The molecule has 0 bridgehead atoms. The zero-order valence-corrected chi connectivity index (χ0v) is 21.6. The maximum atomic E-state index is 12.1. The van der Waals surface area contributed by atoms with E-state index in [0.717, 1.165) is 19.3 Å². The van der Waals surface area contributed by atoms with E-state index in [0.29, 0.717) is 11.0 Å². The largest absolute Gasteiger partial charge is 0.472 e. The number of hydrogen-bond acceptors (Lipinski definition) is 5. The number of aliphatic hydroxyl groups excluding tert-OH is 1. The maximum Gasteiger partial charge on any atom is 0.472 e. The molecule has 0 saturated carbocycles. The quantitative estimate of drug-likeness (QED) is 0.113. The lowest BCUT2D eigenvalue weighted by Gasteiger charge is -2.25. The summed E-state index contributed by atoms with van der Waals surface area (Å²) in [5, 5.41) is 12.9. The molecule has 0 aliphatic heterocycles. The van der Waals surface area contributed by atoms with Gasteiger partial charge in [0.05, 0.1) is 39.9 Å². The lowest BCUT2D eigenvalue weighted by Crippen LogP contribution is -2.44. The van der Waals surface area contributed by atoms with Crippen LogP contribution in [-0.2, 0) is 18.4 Å². The van der Waals surface area contributed by atoms with Crippen LogP contribution in [0.5, 0.6) is 0 Å². The van der Waals surface area contributed by atoms with Gasteiger partial charge in [0.1, 0.15) is 13.2 Å². The predicted octanol–water partition coefficient (Wildman–Crippen LogP) is 3.94. The van der Waals surface area contributed by atoms with Crippen LogP contribution < -0.4 is 5.32 Å². The van der Waals surface area contributed by atoms with Gasteiger partial charge in [-0.3, -0.25) is 13.8 Å². The summed E-state index contributed by atoms with van der Waals surface area (Å²) in [6.45, 7) is 3.76. The number of rotatable bonds is 19. The van der Waals surface area contributed by atoms with Gasteiger partial charge >= 0.3 is 7.82 Å². The number of aliphatic hydroxyl groups is 1. The minimum atomic E-state index is -4.28. The fourth-order valence-electron chi connectivity index (χ4n) is 2.79. The van der Waals surface area contributed by atoms with Gasteiger partial charge in [-0.25, -0.2) is 4.57 Å². The summed E-state index contributed by atoms with van der Waals surface area (Å²) in [7, 11) is 1.53. The molecule has 1 amide bonds. The Morgan fingerprint density at radius 1 is 1.03 bits per heavy atom. The summed E-state index contributed by atoms with van der Waals surface area (Å²) >= 11 is 0. The van der Waals surface area contributed by atoms with Crippen molar-refractivity contribution in [2.45, 2.75) is 77.4 Å². The number of phosphoric ester groups is 1. The number of nitrogens with zero attached hydrogens (tertiary/aromatic N) is 1. The Bertz CT molecular complexity index is 604. The van der Waals surface area contributed by atoms with Gasteiger partial charge in [0, 0.05) is 6.92 Å². The van der Waals surface area contributed by atoms with Gasteiger partial charge in [-0.1, -0.05) is 56.9 Å². The molecule has 0 saturated heterocycles. The molecule has 188 valence electrons. The SMILES string of the molecule is CCCCCCC/C=C/CC/C=C/C(O)C(COP(=O)(O)OCC[N+](C)(C)C)NC(C)=O. The fourth-order valence-corrected chi connectivity index (χ4v) is 3.53. The molecular formula is C23H46N2O6P+. The molecule has 3 unspecified atom stereocenters. The first-order valence-electron chi connectivity index (χ1n) is 11.7. The Morgan fingerprint density at radius 3 is 2.28 bits per heavy atom. The van der Waals surface area contributed by atoms with E-state index >= 15 is 0 Å². The van der Waals surface area contributed by atoms with Gasteiger partial charge < -0.3 is 19.8 Å². The number of nitrogens with one attached hydrogen (secondary N) is 1. The number of quaternary nitrogens is 1. The molecule has 0 spiro atoms. The van der Waals surface area contributed by atoms with Crippen molar-refractivity contribution in [3.05, 3.63) is 24.3 Å². The zero-order valence-electron chi connectivity index (χ0n) is 20.7. The highest BCUT2D eigenvalue weighted by atomic mass is 31.2. The van der Waals surface area contributed by atoms with E-state index in [2.05, 4.69) is 24.4 Å². The Morgan fingerprint density at radius 2 is 1.66 bits per heavy atom. The molecule has 32 heavy (non-hydrogen) atoms. The summed E-state index contributed by atoms with van der Waals surface area (Å²) in [6.07, 6.45) is 15.8. The number of unbranched alkanes of at least 4 members (excludes halogenated alkanes) is 6. The Balaban J connectivity index is 4.37. The molecule has 0 aromatic heterocycles. The van der Waals surface area contributed by atoms with Gasteiger partial charge in [0.15, 0.2) is 0 Å². The second kappa shape index (κ2) is 17.5. The van der Waals surface area contributed by atoms with E-state index in [-0.39, 0.29) is 19.1 Å². The summed E-state index contributed by atoms with van der Waals surface area (Å²) in [5.74, 6) is -0.369. The highest BCUT2D eigenvalue weighted by molar-refractivity contribution is 7.47. The minimum Gasteiger partial charge on any atom is -0.387 e. The van der Waals surface area contributed by atoms with Crippen LogP contribution in [0.3, 0.4) is 0 Å². The number of carbonyl (C=O) groups excluding carboxylic acids is 1. The van der Waals surface area contributed by atoms with Gasteiger partial charge in [-0.15, -0.1) is 0 Å². The topological polar surface area (TPSA) is 105 Å². The molecule has 0 radical (unpaired) electrons. The first-order valence-corrected chi connectivity index (χ1v) is 13.2. The second-order valence-electron chi connectivity index (χ2n) is 9.09. The van der Waals surface area contributed by atoms with Gasteiger partial charge in [0.25, 0.3) is 0 Å². The highest BCUT2D eigenvalue weighted by Crippen LogP contribution is 2.43. The molecule has 0 aromatic rings. The number of amides is 1. The number of allylic oxidation sites excluding steroid dienone is 3. The van der Waals surface area contributed by atoms with Crippen LogP contribution in [0.15, 0.2) is 24.3 Å². The van der Waals surface area contributed by atoms with Crippen molar-refractivity contribution < 1.29 is 32.9 Å².